The molecule has 1 fully saturated rings. The van der Waals surface area contributed by atoms with Gasteiger partial charge in [0.25, 0.3) is 0 Å². The summed E-state index contributed by atoms with van der Waals surface area (Å²) in [6.45, 7) is 1.18. The summed E-state index contributed by atoms with van der Waals surface area (Å²) >= 11 is 5.76. The molecule has 88 valence electrons. The van der Waals surface area contributed by atoms with E-state index in [0.29, 0.717) is 11.1 Å². The van der Waals surface area contributed by atoms with Crippen LogP contribution in [0.3, 0.4) is 0 Å². The lowest BCUT2D eigenvalue weighted by Crippen LogP contribution is -2.41. The molecule has 0 aliphatic carbocycles. The number of hydrogen-bond donors (Lipinski definition) is 1. The van der Waals surface area contributed by atoms with Crippen molar-refractivity contribution in [1.29, 1.82) is 0 Å². The van der Waals surface area contributed by atoms with E-state index in [9.17, 15) is 0 Å². The summed E-state index contributed by atoms with van der Waals surface area (Å²) in [6, 6.07) is 0.361. The van der Waals surface area contributed by atoms with Gasteiger partial charge in [-0.1, -0.05) is 11.6 Å². The van der Waals surface area contributed by atoms with Crippen molar-refractivity contribution in [1.82, 2.24) is 9.97 Å². The van der Waals surface area contributed by atoms with Crippen LogP contribution in [0.15, 0.2) is 12.4 Å². The van der Waals surface area contributed by atoms with Gasteiger partial charge in [0.05, 0.1) is 17.4 Å². The van der Waals surface area contributed by atoms with Crippen molar-refractivity contribution in [3.8, 4) is 0 Å². The highest BCUT2D eigenvalue weighted by Gasteiger charge is 2.23. The van der Waals surface area contributed by atoms with Crippen LogP contribution in [0.25, 0.3) is 0 Å². The lowest BCUT2D eigenvalue weighted by atomic mass is 10.0. The summed E-state index contributed by atoms with van der Waals surface area (Å²) in [5.41, 5.74) is 0. The zero-order chi connectivity index (χ0) is 11.4. The van der Waals surface area contributed by atoms with Crippen LogP contribution in [0.4, 0.5) is 5.95 Å². The molecule has 1 saturated heterocycles. The second-order valence-corrected chi connectivity index (χ2v) is 4.49. The lowest BCUT2D eigenvalue weighted by Gasteiger charge is -2.35. The Bertz CT molecular complexity index is 329. The maximum atomic E-state index is 9.04. The van der Waals surface area contributed by atoms with Crippen molar-refractivity contribution in [3.05, 3.63) is 17.4 Å². The minimum Gasteiger partial charge on any atom is -0.396 e. The molecule has 1 aliphatic heterocycles. The second-order valence-electron chi connectivity index (χ2n) is 4.06. The molecular weight excluding hydrogens is 226 g/mol. The van der Waals surface area contributed by atoms with Gasteiger partial charge in [0.2, 0.25) is 5.95 Å². The molecule has 1 unspecified atom stereocenters. The van der Waals surface area contributed by atoms with Gasteiger partial charge in [-0.3, -0.25) is 0 Å². The largest absolute Gasteiger partial charge is 0.396 e. The number of aromatic nitrogens is 2. The highest BCUT2D eigenvalue weighted by Crippen LogP contribution is 2.23. The van der Waals surface area contributed by atoms with Crippen molar-refractivity contribution < 1.29 is 5.11 Å². The van der Waals surface area contributed by atoms with Crippen molar-refractivity contribution >= 4 is 17.5 Å². The van der Waals surface area contributed by atoms with Crippen LogP contribution in [0.1, 0.15) is 25.7 Å². The average Bonchev–Trinajstić information content (AvgIpc) is 2.32. The van der Waals surface area contributed by atoms with Gasteiger partial charge in [-0.05, 0) is 25.7 Å². The molecule has 1 aromatic heterocycles. The van der Waals surface area contributed by atoms with Gasteiger partial charge in [-0.15, -0.1) is 0 Å². The zero-order valence-corrected chi connectivity index (χ0v) is 9.90. The molecule has 5 heteroatoms. The van der Waals surface area contributed by atoms with Gasteiger partial charge in [0.15, 0.2) is 0 Å². The molecule has 2 rings (SSSR count). The molecule has 1 atom stereocenters. The van der Waals surface area contributed by atoms with E-state index >= 15 is 0 Å². The van der Waals surface area contributed by atoms with E-state index in [1.54, 1.807) is 12.4 Å². The number of halogens is 1. The van der Waals surface area contributed by atoms with Gasteiger partial charge in [-0.2, -0.15) is 0 Å². The molecule has 16 heavy (non-hydrogen) atoms. The number of rotatable bonds is 3. The molecule has 4 nitrogen and oxygen atoms in total. The quantitative estimate of drug-likeness (QED) is 0.878. The average molecular weight is 242 g/mol. The molecular formula is C11H16ClN3O. The number of aliphatic hydroxyl groups is 1. The molecule has 1 N–H and O–H groups in total. The van der Waals surface area contributed by atoms with Gasteiger partial charge in [0, 0.05) is 19.2 Å². The van der Waals surface area contributed by atoms with Crippen molar-refractivity contribution in [2.24, 2.45) is 0 Å². The third kappa shape index (κ3) is 2.62. The monoisotopic (exact) mass is 241 g/mol. The SMILES string of the molecule is OCCC1CCCCN1c1ncc(Cl)cn1. The van der Waals surface area contributed by atoms with Crippen molar-refractivity contribution in [3.63, 3.8) is 0 Å². The lowest BCUT2D eigenvalue weighted by molar-refractivity contribution is 0.261. The first-order chi connectivity index (χ1) is 7.81. The topological polar surface area (TPSA) is 49.2 Å². The maximum absolute atomic E-state index is 9.04. The molecule has 1 aliphatic rings. The second kappa shape index (κ2) is 5.46. The van der Waals surface area contributed by atoms with Crippen LogP contribution >= 0.6 is 11.6 Å². The Hall–Kier alpha value is -0.870. The van der Waals surface area contributed by atoms with Crippen molar-refractivity contribution in [2.75, 3.05) is 18.1 Å². The standard InChI is InChI=1S/C11H16ClN3O/c12-9-7-13-11(14-8-9)15-5-2-1-3-10(15)4-6-16/h7-8,10,16H,1-6H2. The fraction of sp³-hybridized carbons (Fsp3) is 0.636. The first kappa shape index (κ1) is 11.6. The Morgan fingerprint density at radius 1 is 1.38 bits per heavy atom. The minimum atomic E-state index is 0.217. The summed E-state index contributed by atoms with van der Waals surface area (Å²) in [5, 5.41) is 9.59. The Balaban J connectivity index is 2.13. The van der Waals surface area contributed by atoms with Gasteiger partial charge >= 0.3 is 0 Å². The van der Waals surface area contributed by atoms with Crippen LogP contribution in [0, 0.1) is 0 Å². The predicted octanol–water partition coefficient (Wildman–Crippen LogP) is 1.87. The Morgan fingerprint density at radius 3 is 2.81 bits per heavy atom. The molecule has 0 amide bonds. The summed E-state index contributed by atoms with van der Waals surface area (Å²) in [6.07, 6.45) is 7.50. The van der Waals surface area contributed by atoms with Crippen LogP contribution in [0.5, 0.6) is 0 Å². The van der Waals surface area contributed by atoms with E-state index in [1.807, 2.05) is 0 Å². The van der Waals surface area contributed by atoms with Crippen LogP contribution in [0.2, 0.25) is 5.02 Å². The van der Waals surface area contributed by atoms with Crippen LogP contribution in [-0.4, -0.2) is 34.3 Å². The molecule has 0 saturated carbocycles. The first-order valence-electron chi connectivity index (χ1n) is 5.66. The number of piperidine rings is 1. The first-order valence-corrected chi connectivity index (χ1v) is 6.04. The molecule has 1 aromatic rings. The third-order valence-electron chi connectivity index (χ3n) is 2.95. The zero-order valence-electron chi connectivity index (χ0n) is 9.14. The summed E-state index contributed by atoms with van der Waals surface area (Å²) in [7, 11) is 0. The predicted molar refractivity (Wildman–Crippen MR) is 63.7 cm³/mol. The van der Waals surface area contributed by atoms with Crippen LogP contribution < -0.4 is 4.90 Å². The van der Waals surface area contributed by atoms with Gasteiger partial charge in [0.1, 0.15) is 0 Å². The van der Waals surface area contributed by atoms with Crippen LogP contribution in [-0.2, 0) is 0 Å². The van der Waals surface area contributed by atoms with Gasteiger partial charge in [-0.25, -0.2) is 9.97 Å². The number of nitrogens with zero attached hydrogens (tertiary/aromatic N) is 3. The van der Waals surface area contributed by atoms with E-state index < -0.39 is 0 Å². The molecule has 0 spiro atoms. The Kier molecular flexibility index (Phi) is 3.96. The number of anilines is 1. The summed E-state index contributed by atoms with van der Waals surface area (Å²) < 4.78 is 0. The molecule has 2 heterocycles. The minimum absolute atomic E-state index is 0.217. The number of aliphatic hydroxyl groups excluding tert-OH is 1. The Morgan fingerprint density at radius 2 is 2.12 bits per heavy atom. The Labute approximate surface area is 100 Å². The fourth-order valence-corrected chi connectivity index (χ4v) is 2.26. The summed E-state index contributed by atoms with van der Waals surface area (Å²) in [5.74, 6) is 0.725. The maximum Gasteiger partial charge on any atom is 0.225 e. The molecule has 0 radical (unpaired) electrons. The van der Waals surface area contributed by atoms with E-state index in [4.69, 9.17) is 16.7 Å². The normalized spacial score (nSPS) is 21.1. The third-order valence-corrected chi connectivity index (χ3v) is 3.15. The van der Waals surface area contributed by atoms with E-state index in [2.05, 4.69) is 14.9 Å². The molecule has 0 aromatic carbocycles. The van der Waals surface area contributed by atoms with E-state index in [0.717, 1.165) is 31.8 Å². The van der Waals surface area contributed by atoms with Gasteiger partial charge < -0.3 is 10.0 Å². The summed E-state index contributed by atoms with van der Waals surface area (Å²) in [4.78, 5) is 10.6. The van der Waals surface area contributed by atoms with Crippen molar-refractivity contribution in [2.45, 2.75) is 31.7 Å². The number of hydrogen-bond acceptors (Lipinski definition) is 4. The smallest absolute Gasteiger partial charge is 0.225 e. The molecule has 0 bridgehead atoms. The fourth-order valence-electron chi connectivity index (χ4n) is 2.17. The highest BCUT2D eigenvalue weighted by molar-refractivity contribution is 6.30. The highest BCUT2D eigenvalue weighted by atomic mass is 35.5. The van der Waals surface area contributed by atoms with E-state index in [1.165, 1.54) is 6.42 Å². The van der Waals surface area contributed by atoms with E-state index in [-0.39, 0.29) is 6.61 Å².